The van der Waals surface area contributed by atoms with Crippen LogP contribution in [0.1, 0.15) is 19.3 Å². The van der Waals surface area contributed by atoms with Gasteiger partial charge in [0.1, 0.15) is 0 Å². The second-order valence-corrected chi connectivity index (χ2v) is 3.33. The summed E-state index contributed by atoms with van der Waals surface area (Å²) in [5.74, 6) is 1.24. The number of aliphatic hydroxyl groups is 1. The molecule has 0 aromatic rings. The zero-order valence-corrected chi connectivity index (χ0v) is 6.68. The van der Waals surface area contributed by atoms with Gasteiger partial charge in [0.25, 0.3) is 0 Å². The van der Waals surface area contributed by atoms with Gasteiger partial charge in [-0.1, -0.05) is 6.42 Å². The van der Waals surface area contributed by atoms with Gasteiger partial charge in [-0.15, -0.1) is 12.4 Å². The van der Waals surface area contributed by atoms with Gasteiger partial charge >= 0.3 is 0 Å². The first-order valence-corrected chi connectivity index (χ1v) is 3.74. The lowest BCUT2D eigenvalue weighted by molar-refractivity contribution is -0.0391. The van der Waals surface area contributed by atoms with Crippen molar-refractivity contribution >= 4 is 12.4 Å². The lowest BCUT2D eigenvalue weighted by atomic mass is 9.69. The molecule has 0 aromatic heterocycles. The van der Waals surface area contributed by atoms with E-state index in [0.717, 1.165) is 0 Å². The third-order valence-corrected chi connectivity index (χ3v) is 2.95. The molecule has 0 bridgehead atoms. The first-order chi connectivity index (χ1) is 4.30. The Kier molecular flexibility index (Phi) is 2.23. The number of aliphatic hydroxyl groups excluding tert-OH is 1. The molecule has 0 amide bonds. The van der Waals surface area contributed by atoms with Gasteiger partial charge in [0.05, 0.1) is 6.10 Å². The number of hydrogen-bond donors (Lipinski definition) is 2. The van der Waals surface area contributed by atoms with Crippen LogP contribution in [0.25, 0.3) is 0 Å². The zero-order valence-electron chi connectivity index (χ0n) is 5.86. The first kappa shape index (κ1) is 8.31. The van der Waals surface area contributed by atoms with Gasteiger partial charge in [-0.25, -0.2) is 0 Å². The molecular weight excluding hydrogens is 150 g/mol. The summed E-state index contributed by atoms with van der Waals surface area (Å²) in [4.78, 5) is 0. The van der Waals surface area contributed by atoms with Gasteiger partial charge in [-0.05, 0) is 24.7 Å². The van der Waals surface area contributed by atoms with E-state index < -0.39 is 0 Å². The maximum absolute atomic E-state index is 9.26. The fraction of sp³-hybridized carbons (Fsp3) is 1.00. The monoisotopic (exact) mass is 163 g/mol. The minimum Gasteiger partial charge on any atom is -0.391 e. The van der Waals surface area contributed by atoms with E-state index in [2.05, 4.69) is 0 Å². The van der Waals surface area contributed by atoms with Crippen LogP contribution in [0.3, 0.4) is 0 Å². The minimum absolute atomic E-state index is 0. The van der Waals surface area contributed by atoms with Gasteiger partial charge < -0.3 is 10.8 Å². The Labute approximate surface area is 67.2 Å². The van der Waals surface area contributed by atoms with Gasteiger partial charge in [0, 0.05) is 6.04 Å². The lowest BCUT2D eigenvalue weighted by Crippen LogP contribution is -2.57. The maximum atomic E-state index is 9.26. The van der Waals surface area contributed by atoms with Crippen LogP contribution in [0.5, 0.6) is 0 Å². The van der Waals surface area contributed by atoms with Crippen LogP contribution in [0, 0.1) is 11.8 Å². The molecule has 4 unspecified atom stereocenters. The van der Waals surface area contributed by atoms with Crippen LogP contribution in [0.15, 0.2) is 0 Å². The van der Waals surface area contributed by atoms with E-state index in [9.17, 15) is 5.11 Å². The predicted molar refractivity (Wildman–Crippen MR) is 42.1 cm³/mol. The van der Waals surface area contributed by atoms with E-state index >= 15 is 0 Å². The highest BCUT2D eigenvalue weighted by Crippen LogP contribution is 2.45. The topological polar surface area (TPSA) is 46.2 Å². The van der Waals surface area contributed by atoms with Crippen LogP contribution < -0.4 is 5.73 Å². The van der Waals surface area contributed by atoms with Crippen LogP contribution in [0.2, 0.25) is 0 Å². The number of rotatable bonds is 0. The normalized spacial score (nSPS) is 51.0. The Hall–Kier alpha value is 0.210. The zero-order chi connectivity index (χ0) is 6.43. The van der Waals surface area contributed by atoms with Gasteiger partial charge in [-0.3, -0.25) is 0 Å². The molecule has 3 heteroatoms. The molecule has 0 aromatic carbocycles. The fourth-order valence-electron chi connectivity index (χ4n) is 2.31. The van der Waals surface area contributed by atoms with E-state index in [1.54, 1.807) is 0 Å². The molecule has 2 fully saturated rings. The van der Waals surface area contributed by atoms with E-state index in [1.807, 2.05) is 0 Å². The van der Waals surface area contributed by atoms with Crippen LogP contribution in [0.4, 0.5) is 0 Å². The van der Waals surface area contributed by atoms with Crippen molar-refractivity contribution in [3.63, 3.8) is 0 Å². The summed E-state index contributed by atoms with van der Waals surface area (Å²) in [5, 5.41) is 9.26. The quantitative estimate of drug-likeness (QED) is 0.547. The van der Waals surface area contributed by atoms with E-state index in [4.69, 9.17) is 5.73 Å². The highest BCUT2D eigenvalue weighted by Gasteiger charge is 2.49. The minimum atomic E-state index is -0.169. The SMILES string of the molecule is Cl.NC1C(O)C2CCCC12. The molecule has 2 rings (SSSR count). The number of halogens is 1. The van der Waals surface area contributed by atoms with Crippen molar-refractivity contribution in [2.75, 3.05) is 0 Å². The second-order valence-electron chi connectivity index (χ2n) is 3.33. The smallest absolute Gasteiger partial charge is 0.0725 e. The summed E-state index contributed by atoms with van der Waals surface area (Å²) in [5.41, 5.74) is 5.66. The van der Waals surface area contributed by atoms with Gasteiger partial charge in [0.2, 0.25) is 0 Å². The standard InChI is InChI=1S/C7H13NO.ClH/c8-6-4-2-1-3-5(4)7(6)9;/h4-7,9H,1-3,8H2;1H. The molecule has 0 aliphatic heterocycles. The van der Waals surface area contributed by atoms with E-state index in [-0.39, 0.29) is 24.6 Å². The van der Waals surface area contributed by atoms with Crippen molar-refractivity contribution in [3.05, 3.63) is 0 Å². The molecule has 0 heterocycles. The van der Waals surface area contributed by atoms with E-state index in [1.165, 1.54) is 19.3 Å². The lowest BCUT2D eigenvalue weighted by Gasteiger charge is -2.43. The van der Waals surface area contributed by atoms with Crippen molar-refractivity contribution in [1.82, 2.24) is 0 Å². The molecule has 0 radical (unpaired) electrons. The van der Waals surface area contributed by atoms with Gasteiger partial charge in [0.15, 0.2) is 0 Å². The Morgan fingerprint density at radius 1 is 1.20 bits per heavy atom. The first-order valence-electron chi connectivity index (χ1n) is 3.74. The Bertz CT molecular complexity index is 117. The van der Waals surface area contributed by atoms with Crippen LogP contribution in [-0.4, -0.2) is 17.3 Å². The average Bonchev–Trinajstić information content (AvgIpc) is 2.30. The molecule has 0 spiro atoms. The van der Waals surface area contributed by atoms with Crippen molar-refractivity contribution < 1.29 is 5.11 Å². The maximum Gasteiger partial charge on any atom is 0.0725 e. The molecule has 2 aliphatic rings. The molecule has 10 heavy (non-hydrogen) atoms. The Balaban J connectivity index is 0.000000500. The average molecular weight is 164 g/mol. The summed E-state index contributed by atoms with van der Waals surface area (Å²) < 4.78 is 0. The molecule has 3 N–H and O–H groups in total. The highest BCUT2D eigenvalue weighted by molar-refractivity contribution is 5.85. The fourth-order valence-corrected chi connectivity index (χ4v) is 2.31. The number of hydrogen-bond acceptors (Lipinski definition) is 2. The largest absolute Gasteiger partial charge is 0.391 e. The molecule has 2 nitrogen and oxygen atoms in total. The van der Waals surface area contributed by atoms with Gasteiger partial charge in [-0.2, -0.15) is 0 Å². The number of nitrogens with two attached hydrogens (primary N) is 1. The Morgan fingerprint density at radius 2 is 1.80 bits per heavy atom. The summed E-state index contributed by atoms with van der Waals surface area (Å²) in [6.45, 7) is 0. The Morgan fingerprint density at radius 3 is 2.40 bits per heavy atom. The molecule has 60 valence electrons. The second kappa shape index (κ2) is 2.68. The van der Waals surface area contributed by atoms with Crippen molar-refractivity contribution in [3.8, 4) is 0 Å². The van der Waals surface area contributed by atoms with Crippen molar-refractivity contribution in [2.24, 2.45) is 17.6 Å². The molecule has 2 saturated carbocycles. The highest BCUT2D eigenvalue weighted by atomic mass is 35.5. The molecule has 4 atom stereocenters. The third kappa shape index (κ3) is 0.865. The van der Waals surface area contributed by atoms with Crippen molar-refractivity contribution in [1.29, 1.82) is 0 Å². The van der Waals surface area contributed by atoms with E-state index in [0.29, 0.717) is 11.8 Å². The number of fused-ring (bicyclic) bond motifs is 1. The summed E-state index contributed by atoms with van der Waals surface area (Å²) in [6, 6.07) is 0.109. The van der Waals surface area contributed by atoms with Crippen LogP contribution >= 0.6 is 12.4 Å². The van der Waals surface area contributed by atoms with Crippen molar-refractivity contribution in [2.45, 2.75) is 31.4 Å². The summed E-state index contributed by atoms with van der Waals surface area (Å²) >= 11 is 0. The summed E-state index contributed by atoms with van der Waals surface area (Å²) in [6.07, 6.45) is 3.57. The molecule has 2 aliphatic carbocycles. The van der Waals surface area contributed by atoms with Crippen LogP contribution in [-0.2, 0) is 0 Å². The third-order valence-electron chi connectivity index (χ3n) is 2.95. The molecular formula is C7H14ClNO. The molecule has 0 saturated heterocycles. The summed E-state index contributed by atoms with van der Waals surface area (Å²) in [7, 11) is 0. The predicted octanol–water partition coefficient (Wildman–Crippen LogP) is 0.526.